The number of hydrogen-bond donors (Lipinski definition) is 3. The number of rotatable bonds is 2. The van der Waals surface area contributed by atoms with E-state index in [2.05, 4.69) is 0 Å². The highest BCUT2D eigenvalue weighted by molar-refractivity contribution is 5.72. The highest BCUT2D eigenvalue weighted by Crippen LogP contribution is 2.13. The Morgan fingerprint density at radius 1 is 1.42 bits per heavy atom. The quantitative estimate of drug-likeness (QED) is 0.475. The molecule has 1 fully saturated rings. The third-order valence-electron chi connectivity index (χ3n) is 2.19. The first-order valence-corrected chi connectivity index (χ1v) is 3.85. The van der Waals surface area contributed by atoms with Crippen LogP contribution in [0.3, 0.4) is 0 Å². The summed E-state index contributed by atoms with van der Waals surface area (Å²) in [6.45, 7) is 2.00. The Bertz CT molecular complexity index is 174. The third-order valence-corrected chi connectivity index (χ3v) is 2.19. The first kappa shape index (κ1) is 9.44. The SMILES string of the molecule is CC(C(=O)O)N1C[C@@H](O)[C@@H](O)C1. The first-order valence-electron chi connectivity index (χ1n) is 3.85. The van der Waals surface area contributed by atoms with Gasteiger partial charge in [-0.1, -0.05) is 0 Å². The second-order valence-corrected chi connectivity index (χ2v) is 3.10. The zero-order chi connectivity index (χ0) is 9.30. The number of aliphatic hydroxyl groups excluding tert-OH is 2. The molecule has 1 unspecified atom stereocenters. The predicted molar refractivity (Wildman–Crippen MR) is 40.7 cm³/mol. The molecule has 0 aromatic rings. The van der Waals surface area contributed by atoms with E-state index >= 15 is 0 Å². The second-order valence-electron chi connectivity index (χ2n) is 3.10. The number of β-amino-alcohol motifs (C(OH)–C–C–N with tert-alkyl or cyclic N) is 2. The smallest absolute Gasteiger partial charge is 0.320 e. The number of nitrogens with zero attached hydrogens (tertiary/aromatic N) is 1. The van der Waals surface area contributed by atoms with E-state index in [9.17, 15) is 4.79 Å². The van der Waals surface area contributed by atoms with E-state index in [4.69, 9.17) is 15.3 Å². The fourth-order valence-corrected chi connectivity index (χ4v) is 1.27. The number of carbonyl (C=O) groups is 1. The van der Waals surface area contributed by atoms with Crippen LogP contribution < -0.4 is 0 Å². The Kier molecular flexibility index (Phi) is 2.66. The fraction of sp³-hybridized carbons (Fsp3) is 0.857. The van der Waals surface area contributed by atoms with Crippen LogP contribution in [-0.4, -0.2) is 57.5 Å². The average molecular weight is 175 g/mol. The molecule has 1 aliphatic heterocycles. The molecule has 0 amide bonds. The lowest BCUT2D eigenvalue weighted by molar-refractivity contribution is -0.142. The van der Waals surface area contributed by atoms with Crippen LogP contribution in [0.1, 0.15) is 6.92 Å². The summed E-state index contributed by atoms with van der Waals surface area (Å²) in [5, 5.41) is 26.8. The molecule has 12 heavy (non-hydrogen) atoms. The van der Waals surface area contributed by atoms with Crippen molar-refractivity contribution in [1.29, 1.82) is 0 Å². The monoisotopic (exact) mass is 175 g/mol. The molecule has 1 saturated heterocycles. The van der Waals surface area contributed by atoms with Gasteiger partial charge in [-0.05, 0) is 6.92 Å². The molecule has 3 atom stereocenters. The van der Waals surface area contributed by atoms with E-state index in [1.807, 2.05) is 0 Å². The van der Waals surface area contributed by atoms with Crippen molar-refractivity contribution < 1.29 is 20.1 Å². The summed E-state index contributed by atoms with van der Waals surface area (Å²) in [6.07, 6.45) is -1.63. The third kappa shape index (κ3) is 1.74. The van der Waals surface area contributed by atoms with E-state index in [0.717, 1.165) is 0 Å². The van der Waals surface area contributed by atoms with Crippen molar-refractivity contribution in [2.75, 3.05) is 13.1 Å². The minimum atomic E-state index is -0.934. The summed E-state index contributed by atoms with van der Waals surface area (Å²) in [6, 6.07) is -0.642. The van der Waals surface area contributed by atoms with Crippen LogP contribution in [-0.2, 0) is 4.79 Å². The highest BCUT2D eigenvalue weighted by atomic mass is 16.4. The Balaban J connectivity index is 2.51. The van der Waals surface area contributed by atoms with Crippen molar-refractivity contribution in [2.45, 2.75) is 25.2 Å². The summed E-state index contributed by atoms with van der Waals surface area (Å²) < 4.78 is 0. The van der Waals surface area contributed by atoms with Gasteiger partial charge < -0.3 is 15.3 Å². The summed E-state index contributed by atoms with van der Waals surface area (Å²) in [5.41, 5.74) is 0. The lowest BCUT2D eigenvalue weighted by Crippen LogP contribution is -2.37. The maximum Gasteiger partial charge on any atom is 0.320 e. The molecule has 3 N–H and O–H groups in total. The standard InChI is InChI=1S/C7H13NO4/c1-4(7(11)12)8-2-5(9)6(10)3-8/h4-6,9-10H,2-3H2,1H3,(H,11,12)/t4?,5-,6+. The van der Waals surface area contributed by atoms with Crippen LogP contribution in [0.25, 0.3) is 0 Å². The van der Waals surface area contributed by atoms with Gasteiger partial charge >= 0.3 is 5.97 Å². The number of carboxylic acids is 1. The van der Waals surface area contributed by atoms with Crippen molar-refractivity contribution >= 4 is 5.97 Å². The molecule has 0 aliphatic carbocycles. The van der Waals surface area contributed by atoms with Crippen LogP contribution in [0.2, 0.25) is 0 Å². The summed E-state index contributed by atoms with van der Waals surface area (Å²) in [4.78, 5) is 12.0. The Morgan fingerprint density at radius 3 is 2.17 bits per heavy atom. The number of carboxylic acid groups (broad SMARTS) is 1. The number of aliphatic carboxylic acids is 1. The largest absolute Gasteiger partial charge is 0.480 e. The van der Waals surface area contributed by atoms with Crippen LogP contribution in [0.4, 0.5) is 0 Å². The molecule has 5 heteroatoms. The molecule has 0 radical (unpaired) electrons. The number of hydrogen-bond acceptors (Lipinski definition) is 4. The van der Waals surface area contributed by atoms with Gasteiger partial charge in [0.2, 0.25) is 0 Å². The van der Waals surface area contributed by atoms with Gasteiger partial charge in [-0.2, -0.15) is 0 Å². The Labute approximate surface area is 70.2 Å². The van der Waals surface area contributed by atoms with Crippen LogP contribution >= 0.6 is 0 Å². The van der Waals surface area contributed by atoms with Gasteiger partial charge in [0.25, 0.3) is 0 Å². The van der Waals surface area contributed by atoms with Crippen molar-refractivity contribution in [3.05, 3.63) is 0 Å². The maximum atomic E-state index is 10.5. The zero-order valence-electron chi connectivity index (χ0n) is 6.84. The van der Waals surface area contributed by atoms with Crippen molar-refractivity contribution in [2.24, 2.45) is 0 Å². The minimum Gasteiger partial charge on any atom is -0.480 e. The van der Waals surface area contributed by atoms with Gasteiger partial charge in [0.1, 0.15) is 6.04 Å². The summed E-state index contributed by atoms with van der Waals surface area (Å²) >= 11 is 0. The first-order chi connectivity index (χ1) is 5.52. The molecule has 0 bridgehead atoms. The molecule has 0 spiro atoms. The number of aliphatic hydroxyl groups is 2. The molecule has 1 heterocycles. The van der Waals surface area contributed by atoms with E-state index in [-0.39, 0.29) is 13.1 Å². The molecule has 0 saturated carbocycles. The molecular weight excluding hydrogens is 162 g/mol. The highest BCUT2D eigenvalue weighted by Gasteiger charge is 2.34. The Morgan fingerprint density at radius 2 is 1.83 bits per heavy atom. The van der Waals surface area contributed by atoms with Crippen LogP contribution in [0.5, 0.6) is 0 Å². The molecule has 1 aliphatic rings. The van der Waals surface area contributed by atoms with E-state index in [1.165, 1.54) is 11.8 Å². The molecule has 0 aromatic heterocycles. The molecule has 0 aromatic carbocycles. The average Bonchev–Trinajstić information content (AvgIpc) is 2.30. The van der Waals surface area contributed by atoms with Gasteiger partial charge in [0.05, 0.1) is 12.2 Å². The minimum absolute atomic E-state index is 0.231. The molecule has 70 valence electrons. The van der Waals surface area contributed by atoms with Crippen molar-refractivity contribution in [1.82, 2.24) is 4.90 Å². The normalized spacial score (nSPS) is 33.6. The topological polar surface area (TPSA) is 81.0 Å². The Hall–Kier alpha value is -0.650. The zero-order valence-corrected chi connectivity index (χ0v) is 6.84. The van der Waals surface area contributed by atoms with E-state index in [0.29, 0.717) is 0 Å². The van der Waals surface area contributed by atoms with E-state index < -0.39 is 24.2 Å². The van der Waals surface area contributed by atoms with E-state index in [1.54, 1.807) is 0 Å². The molecule has 5 nitrogen and oxygen atoms in total. The van der Waals surface area contributed by atoms with Crippen molar-refractivity contribution in [3.8, 4) is 0 Å². The van der Waals surface area contributed by atoms with Crippen LogP contribution in [0, 0.1) is 0 Å². The predicted octanol–water partition coefficient (Wildman–Crippen LogP) is -1.50. The maximum absolute atomic E-state index is 10.5. The molecular formula is C7H13NO4. The van der Waals surface area contributed by atoms with Gasteiger partial charge in [-0.15, -0.1) is 0 Å². The van der Waals surface area contributed by atoms with Gasteiger partial charge in [0, 0.05) is 13.1 Å². The van der Waals surface area contributed by atoms with Crippen molar-refractivity contribution in [3.63, 3.8) is 0 Å². The molecule has 1 rings (SSSR count). The lowest BCUT2D eigenvalue weighted by Gasteiger charge is -2.18. The summed E-state index contributed by atoms with van der Waals surface area (Å²) in [5.74, 6) is -0.934. The number of likely N-dealkylation sites (tertiary alicyclic amines) is 1. The van der Waals surface area contributed by atoms with Gasteiger partial charge in [-0.3, -0.25) is 9.69 Å². The fourth-order valence-electron chi connectivity index (χ4n) is 1.27. The summed E-state index contributed by atoms with van der Waals surface area (Å²) in [7, 11) is 0. The second kappa shape index (κ2) is 3.38. The van der Waals surface area contributed by atoms with Gasteiger partial charge in [-0.25, -0.2) is 0 Å². The lowest BCUT2D eigenvalue weighted by atomic mass is 10.3. The van der Waals surface area contributed by atoms with Gasteiger partial charge in [0.15, 0.2) is 0 Å². The van der Waals surface area contributed by atoms with Crippen LogP contribution in [0.15, 0.2) is 0 Å².